The summed E-state index contributed by atoms with van der Waals surface area (Å²) >= 11 is 4.54. The van der Waals surface area contributed by atoms with Crippen molar-refractivity contribution in [2.24, 2.45) is 5.73 Å². The van der Waals surface area contributed by atoms with Crippen molar-refractivity contribution in [1.29, 1.82) is 0 Å². The molecule has 0 saturated carbocycles. The molecule has 39 heteroatoms. The second-order valence-corrected chi connectivity index (χ2v) is 29.3. The Balaban J connectivity index is 1.00. The average Bonchev–Trinajstić information content (AvgIpc) is 1.63. The molecular weight excluding hydrogens is 1470 g/mol. The van der Waals surface area contributed by atoms with E-state index in [1.165, 1.54) is 53.3 Å². The van der Waals surface area contributed by atoms with E-state index in [1.807, 2.05) is 0 Å². The number of nitrogens with zero attached hydrogens (tertiary/aromatic N) is 10. The Morgan fingerprint density at radius 3 is 2.30 bits per heavy atom. The van der Waals surface area contributed by atoms with Gasteiger partial charge in [-0.3, -0.25) is 28.8 Å². The standard InChI is InChI=1S/C66H66N16O18S5/c1-27(53(67)85)69-54(86)36-23-104-62(74-36)47-41(84)16-32-46(76-47)35-21-102-60(71-35)34-20-97-64(91)49-33-19-95-50(51(100-42-17-66(5,93)52(80(6)7)30(4)99-42)65(92)96-18-31-10-9-11-40(43(31)33)82(49)98-15-14-81-13-12-68-26-81)48(63-75-37(24-105-63)55(87)70-34)79-57(89)39-25-103-61(73-39)45(29(3)94-8)78-58(90)44(28(2)83)77-56(88)38-22-101-59(32)72-38/h9-13,16,21-26,28,30,34,42,44,48,50-52,83-84,93H,1,14-15,17-20H2,2-8H3,(H2,67,85)(H,69,86)(H,70,87)(H,77,88)(H,78,90)(H,79,89)/b45-29+/t28-,30+,34+,42+,44+,48+,50+,51+,52?,66+/m1/s1. The molecule has 0 aliphatic carbocycles. The summed E-state index contributed by atoms with van der Waals surface area (Å²) in [5, 5.41) is 56.0. The van der Waals surface area contributed by atoms with E-state index in [9.17, 15) is 34.5 Å². The van der Waals surface area contributed by atoms with Crippen molar-refractivity contribution in [1.82, 2.24) is 75.7 Å². The van der Waals surface area contributed by atoms with Crippen LogP contribution >= 0.6 is 56.7 Å². The van der Waals surface area contributed by atoms with Crippen molar-refractivity contribution >= 4 is 121 Å². The summed E-state index contributed by atoms with van der Waals surface area (Å²) in [7, 11) is 4.87. The van der Waals surface area contributed by atoms with Crippen LogP contribution in [0.1, 0.15) is 125 Å². The number of methoxy groups -OCH3 is 1. The molecule has 1 fully saturated rings. The van der Waals surface area contributed by atoms with Gasteiger partial charge in [-0.2, -0.15) is 4.73 Å². The maximum absolute atomic E-state index is 15.7. The van der Waals surface area contributed by atoms with E-state index in [1.54, 1.807) is 79.7 Å². The fraction of sp³-hybridized carbons (Fsp3) is 0.348. The van der Waals surface area contributed by atoms with E-state index in [-0.39, 0.29) is 113 Å². The van der Waals surface area contributed by atoms with Crippen molar-refractivity contribution in [3.05, 3.63) is 143 Å². The number of cyclic esters (lactones) is 2. The molecule has 12 heterocycles. The molecule has 1 aromatic carbocycles. The lowest BCUT2D eigenvalue weighted by Gasteiger charge is -2.48. The maximum Gasteiger partial charge on any atom is 0.358 e. The Bertz CT molecular complexity index is 4960. The third-order valence-corrected chi connectivity index (χ3v) is 21.9. The van der Waals surface area contributed by atoms with Crippen LogP contribution in [0.3, 0.4) is 0 Å². The number of imidazole rings is 1. The summed E-state index contributed by atoms with van der Waals surface area (Å²) in [5.74, 6) is -8.07. The first-order chi connectivity index (χ1) is 50.2. The lowest BCUT2D eigenvalue weighted by atomic mass is 9.85. The third kappa shape index (κ3) is 14.9. The number of likely N-dealkylation sites (N-methyl/N-ethyl adjacent to an activating group) is 1. The Labute approximate surface area is 615 Å². The van der Waals surface area contributed by atoms with Gasteiger partial charge in [0.1, 0.15) is 126 Å². The van der Waals surface area contributed by atoms with E-state index >= 15 is 19.2 Å². The molecule has 105 heavy (non-hydrogen) atoms. The molecule has 548 valence electrons. The zero-order chi connectivity index (χ0) is 74.4. The Hall–Kier alpha value is -10.3. The molecule has 1 unspecified atom stereocenters. The van der Waals surface area contributed by atoms with Crippen LogP contribution in [0, 0.1) is 0 Å². The van der Waals surface area contributed by atoms with Crippen LogP contribution < -0.4 is 37.2 Å². The first-order valence-corrected chi connectivity index (χ1v) is 36.5. The van der Waals surface area contributed by atoms with Gasteiger partial charge < -0.3 is 90.4 Å². The highest BCUT2D eigenvalue weighted by atomic mass is 32.1. The number of benzene rings is 1. The van der Waals surface area contributed by atoms with Crippen molar-refractivity contribution in [3.63, 3.8) is 0 Å². The molecule has 4 aliphatic rings. The van der Waals surface area contributed by atoms with E-state index in [2.05, 4.69) is 53.1 Å². The largest absolute Gasteiger partial charge is 0.506 e. The van der Waals surface area contributed by atoms with Gasteiger partial charge in [0, 0.05) is 62.2 Å². The highest BCUT2D eigenvalue weighted by Gasteiger charge is 2.50. The van der Waals surface area contributed by atoms with Gasteiger partial charge in [-0.05, 0) is 59.5 Å². The topological polar surface area (TPSA) is 451 Å². The van der Waals surface area contributed by atoms with Crippen molar-refractivity contribution in [3.8, 4) is 38.4 Å². The molecule has 1 saturated heterocycles. The molecular formula is C66H66N16O18S5. The predicted molar refractivity (Wildman–Crippen MR) is 377 cm³/mol. The highest BCUT2D eigenvalue weighted by molar-refractivity contribution is 7.14. The number of esters is 2. The minimum absolute atomic E-state index is 0.00629. The molecule has 12 bridgehead atoms. The number of allylic oxidation sites excluding steroid dienone is 1. The van der Waals surface area contributed by atoms with Crippen LogP contribution in [0.15, 0.2) is 87.9 Å². The summed E-state index contributed by atoms with van der Waals surface area (Å²) in [6.07, 6.45) is -2.65. The second kappa shape index (κ2) is 30.0. The number of aromatic hydroxyl groups is 1. The van der Waals surface area contributed by atoms with Gasteiger partial charge in [0.05, 0.1) is 61.7 Å². The number of nitrogens with two attached hydrogens (primary N) is 1. The number of pyridine rings is 1. The zero-order valence-corrected chi connectivity index (χ0v) is 60.7. The number of aromatic nitrogens is 9. The number of hydrogen-bond donors (Lipinski definition) is 9. The van der Waals surface area contributed by atoms with Gasteiger partial charge >= 0.3 is 11.9 Å². The smallest absolute Gasteiger partial charge is 0.358 e. The van der Waals surface area contributed by atoms with Crippen LogP contribution in [-0.2, 0) is 62.6 Å². The number of thiazole rings is 5. The van der Waals surface area contributed by atoms with E-state index in [4.69, 9.17) is 53.9 Å². The van der Waals surface area contributed by atoms with Crippen LogP contribution in [0.25, 0.3) is 49.3 Å². The molecule has 34 nitrogen and oxygen atoms in total. The Kier molecular flexibility index (Phi) is 20.9. The number of carbonyl (C=O) groups excluding carboxylic acids is 8. The van der Waals surface area contributed by atoms with Crippen LogP contribution in [-0.4, -0.2) is 195 Å². The van der Waals surface area contributed by atoms with Gasteiger partial charge in [-0.1, -0.05) is 18.7 Å². The molecule has 6 amide bonds. The van der Waals surface area contributed by atoms with Crippen LogP contribution in [0.2, 0.25) is 0 Å². The highest BCUT2D eigenvalue weighted by Crippen LogP contribution is 2.43. The normalized spacial score (nSPS) is 23.2. The summed E-state index contributed by atoms with van der Waals surface area (Å²) in [6, 6.07) is 1.03. The lowest BCUT2D eigenvalue weighted by Crippen LogP contribution is -2.62. The van der Waals surface area contributed by atoms with E-state index in [0.717, 1.165) is 56.7 Å². The van der Waals surface area contributed by atoms with Gasteiger partial charge in [-0.25, -0.2) is 44.5 Å². The molecule has 8 aromatic heterocycles. The van der Waals surface area contributed by atoms with Crippen LogP contribution in [0.5, 0.6) is 5.75 Å². The number of primary amides is 1. The minimum atomic E-state index is -1.91. The third-order valence-electron chi connectivity index (χ3n) is 17.4. The fourth-order valence-corrected chi connectivity index (χ4v) is 16.7. The number of rotatable bonds is 13. The lowest BCUT2D eigenvalue weighted by molar-refractivity contribution is -0.280. The van der Waals surface area contributed by atoms with E-state index < -0.39 is 139 Å². The van der Waals surface area contributed by atoms with Crippen molar-refractivity contribution in [2.75, 3.05) is 34.4 Å². The van der Waals surface area contributed by atoms with Crippen molar-refractivity contribution < 1.29 is 86.9 Å². The number of aliphatic hydroxyl groups excluding tert-OH is 1. The molecule has 9 aromatic rings. The monoisotopic (exact) mass is 1530 g/mol. The maximum atomic E-state index is 15.7. The predicted octanol–water partition coefficient (Wildman–Crippen LogP) is 3.98. The quantitative estimate of drug-likeness (QED) is 0.0448. The van der Waals surface area contributed by atoms with E-state index in [0.29, 0.717) is 16.5 Å². The molecule has 0 spiro atoms. The minimum Gasteiger partial charge on any atom is -0.506 e. The number of ether oxygens (including phenoxy) is 6. The fourth-order valence-electron chi connectivity index (χ4n) is 12.5. The first kappa shape index (κ1) is 73.0. The molecule has 4 aliphatic heterocycles. The van der Waals surface area contributed by atoms with Gasteiger partial charge in [0.25, 0.3) is 29.5 Å². The van der Waals surface area contributed by atoms with Gasteiger partial charge in [-0.15, -0.1) is 56.7 Å². The average molecular weight is 1530 g/mol. The Morgan fingerprint density at radius 2 is 1.57 bits per heavy atom. The first-order valence-electron chi connectivity index (χ1n) is 32.1. The zero-order valence-electron chi connectivity index (χ0n) is 56.6. The number of hydrogen-bond acceptors (Lipinski definition) is 31. The Morgan fingerprint density at radius 1 is 0.876 bits per heavy atom. The van der Waals surface area contributed by atoms with Crippen molar-refractivity contribution in [2.45, 2.75) is 114 Å². The van der Waals surface area contributed by atoms with Gasteiger partial charge in [0.2, 0.25) is 5.91 Å². The molecule has 10 N–H and O–H groups in total. The number of amides is 6. The van der Waals surface area contributed by atoms with Gasteiger partial charge in [0.15, 0.2) is 18.1 Å². The summed E-state index contributed by atoms with van der Waals surface area (Å²) in [4.78, 5) is 156. The molecule has 10 atom stereocenters. The summed E-state index contributed by atoms with van der Waals surface area (Å²) in [5.41, 5.74) is 2.81. The summed E-state index contributed by atoms with van der Waals surface area (Å²) in [6.45, 7) is 8.05. The number of aliphatic hydroxyl groups is 2. The number of carbonyl (C=O) groups is 8. The van der Waals surface area contributed by atoms with Crippen LogP contribution in [0.4, 0.5) is 0 Å². The number of fused-ring (bicyclic) bond motifs is 15. The molecule has 0 radical (unpaired) electrons. The number of nitrogens with one attached hydrogen (secondary N) is 5. The molecule has 13 rings (SSSR count). The SMILES string of the molecule is C=C(NC(=O)c1csc(-c2nc3c(cc2O)-c2nc(cs2)C(=O)N[C@@H]([C@@H](C)O)C(=O)N/C(=C(\C)OC)c2nc(cs2)C(=O)N[C@@H]2c4nc(cs4)C(=O)N[C@@H](COC(=O)c4c5c6c(cccc6n4OCCn4ccnc4)COC(=O)[C@@H](O[C@H]4C[C@](C)(O)C(N(C)C)[C@H](C)O4)[C@H]2OC5)c2nc-3cs2)n1)C(N)=O. The summed E-state index contributed by atoms with van der Waals surface area (Å²) < 4.78 is 41.5. The second-order valence-electron chi connectivity index (χ2n) is 24.9.